The molecule has 0 saturated carbocycles. The van der Waals surface area contributed by atoms with E-state index in [2.05, 4.69) is 57.6 Å². The molecule has 0 unspecified atom stereocenters. The summed E-state index contributed by atoms with van der Waals surface area (Å²) in [7, 11) is 1.96. The van der Waals surface area contributed by atoms with E-state index in [0.717, 1.165) is 48.9 Å². The van der Waals surface area contributed by atoms with Crippen LogP contribution in [0.2, 0.25) is 0 Å². The van der Waals surface area contributed by atoms with Crippen molar-refractivity contribution in [2.24, 2.45) is 7.05 Å². The largest absolute Gasteiger partial charge is 0.381 e. The minimum absolute atomic E-state index is 0.363. The molecule has 136 valence electrons. The molecular weight excluding hydrogens is 328 g/mol. The van der Waals surface area contributed by atoms with Gasteiger partial charge in [-0.2, -0.15) is 4.98 Å². The molecule has 1 saturated heterocycles. The summed E-state index contributed by atoms with van der Waals surface area (Å²) < 4.78 is 7.36. The quantitative estimate of drug-likeness (QED) is 0.750. The maximum Gasteiger partial charge on any atom is 0.224 e. The Morgan fingerprint density at radius 3 is 2.73 bits per heavy atom. The number of aryl methyl sites for hydroxylation is 3. The van der Waals surface area contributed by atoms with Crippen molar-refractivity contribution in [3.05, 3.63) is 35.5 Å². The van der Waals surface area contributed by atoms with Gasteiger partial charge in [-0.05, 0) is 38.3 Å². The van der Waals surface area contributed by atoms with Crippen LogP contribution in [0.25, 0.3) is 11.2 Å². The zero-order chi connectivity index (χ0) is 18.1. The average molecular weight is 352 g/mol. The fourth-order valence-electron chi connectivity index (χ4n) is 3.26. The second-order valence-corrected chi connectivity index (χ2v) is 6.87. The Labute approximate surface area is 152 Å². The molecule has 4 rings (SSSR count). The molecule has 0 bridgehead atoms. The van der Waals surface area contributed by atoms with Gasteiger partial charge in [-0.25, -0.2) is 9.97 Å². The van der Waals surface area contributed by atoms with Crippen LogP contribution in [0, 0.1) is 13.8 Å². The second kappa shape index (κ2) is 6.92. The highest BCUT2D eigenvalue weighted by atomic mass is 16.5. The summed E-state index contributed by atoms with van der Waals surface area (Å²) in [5, 5.41) is 6.82. The molecule has 2 aromatic heterocycles. The van der Waals surface area contributed by atoms with Crippen molar-refractivity contribution in [2.75, 3.05) is 23.8 Å². The molecule has 2 N–H and O–H groups in total. The smallest absolute Gasteiger partial charge is 0.224 e. The number of aromatic nitrogens is 4. The lowest BCUT2D eigenvalue weighted by molar-refractivity contribution is 0.0903. The van der Waals surface area contributed by atoms with E-state index >= 15 is 0 Å². The van der Waals surface area contributed by atoms with Crippen LogP contribution in [0.5, 0.6) is 0 Å². The van der Waals surface area contributed by atoms with Gasteiger partial charge in [0.25, 0.3) is 0 Å². The number of benzene rings is 1. The van der Waals surface area contributed by atoms with Gasteiger partial charge in [0.05, 0.1) is 6.20 Å². The third kappa shape index (κ3) is 3.35. The fourth-order valence-corrected chi connectivity index (χ4v) is 3.26. The molecule has 3 heterocycles. The van der Waals surface area contributed by atoms with Crippen LogP contribution in [-0.2, 0) is 11.8 Å². The van der Waals surface area contributed by atoms with Crippen molar-refractivity contribution in [1.82, 2.24) is 19.5 Å². The minimum Gasteiger partial charge on any atom is -0.381 e. The van der Waals surface area contributed by atoms with Gasteiger partial charge in [-0.3, -0.25) is 4.57 Å². The van der Waals surface area contributed by atoms with Crippen molar-refractivity contribution in [1.29, 1.82) is 0 Å². The number of hydrogen-bond donors (Lipinski definition) is 2. The van der Waals surface area contributed by atoms with Crippen LogP contribution in [0.1, 0.15) is 24.0 Å². The molecule has 0 aliphatic carbocycles. The highest BCUT2D eigenvalue weighted by molar-refractivity contribution is 5.76. The summed E-state index contributed by atoms with van der Waals surface area (Å²) in [6.45, 7) is 5.76. The zero-order valence-electron chi connectivity index (χ0n) is 15.4. The van der Waals surface area contributed by atoms with E-state index < -0.39 is 0 Å². The van der Waals surface area contributed by atoms with Gasteiger partial charge in [0, 0.05) is 32.0 Å². The number of ether oxygens (including phenoxy) is 1. The summed E-state index contributed by atoms with van der Waals surface area (Å²) in [6, 6.07) is 6.68. The number of nitrogens with one attached hydrogen (secondary N) is 2. The first-order valence-electron chi connectivity index (χ1n) is 8.98. The summed E-state index contributed by atoms with van der Waals surface area (Å²) in [4.78, 5) is 13.7. The third-order valence-corrected chi connectivity index (χ3v) is 4.79. The van der Waals surface area contributed by atoms with Crippen molar-refractivity contribution in [3.8, 4) is 0 Å². The Balaban J connectivity index is 1.59. The molecule has 7 heteroatoms. The van der Waals surface area contributed by atoms with E-state index in [9.17, 15) is 0 Å². The molecule has 0 atom stereocenters. The molecular formula is C19H24N6O. The molecule has 0 amide bonds. The Bertz CT molecular complexity index is 929. The predicted molar refractivity (Wildman–Crippen MR) is 103 cm³/mol. The normalized spacial score (nSPS) is 15.3. The van der Waals surface area contributed by atoms with Gasteiger partial charge in [0.2, 0.25) is 11.9 Å². The second-order valence-electron chi connectivity index (χ2n) is 6.87. The Morgan fingerprint density at radius 2 is 1.96 bits per heavy atom. The summed E-state index contributed by atoms with van der Waals surface area (Å²) in [5.74, 6) is 1.40. The number of imidazole rings is 1. The van der Waals surface area contributed by atoms with E-state index in [1.807, 2.05) is 11.6 Å². The number of hydrogen-bond acceptors (Lipinski definition) is 6. The van der Waals surface area contributed by atoms with Crippen LogP contribution >= 0.6 is 0 Å². The van der Waals surface area contributed by atoms with E-state index in [1.165, 1.54) is 11.1 Å². The standard InChI is InChI=1S/C19H24N6O/c1-12-4-5-15(13(2)10-12)22-19-23-16-11-20-18(24-17(16)25(19)3)21-14-6-8-26-9-7-14/h4-5,10-11,14H,6-9H2,1-3H3,(H,22,23)(H,20,21,24). The topological polar surface area (TPSA) is 76.9 Å². The first kappa shape index (κ1) is 16.8. The molecule has 0 spiro atoms. The lowest BCUT2D eigenvalue weighted by Gasteiger charge is -2.22. The van der Waals surface area contributed by atoms with Crippen LogP contribution in [0.4, 0.5) is 17.6 Å². The van der Waals surface area contributed by atoms with E-state index in [0.29, 0.717) is 12.0 Å². The van der Waals surface area contributed by atoms with Gasteiger partial charge < -0.3 is 15.4 Å². The van der Waals surface area contributed by atoms with Gasteiger partial charge in [-0.15, -0.1) is 0 Å². The lowest BCUT2D eigenvalue weighted by atomic mass is 10.1. The highest BCUT2D eigenvalue weighted by Crippen LogP contribution is 2.24. The summed E-state index contributed by atoms with van der Waals surface area (Å²) >= 11 is 0. The third-order valence-electron chi connectivity index (χ3n) is 4.79. The predicted octanol–water partition coefficient (Wildman–Crippen LogP) is 3.31. The van der Waals surface area contributed by atoms with Gasteiger partial charge in [-0.1, -0.05) is 17.7 Å². The van der Waals surface area contributed by atoms with Crippen LogP contribution in [-0.4, -0.2) is 38.8 Å². The molecule has 1 fully saturated rings. The summed E-state index contributed by atoms with van der Waals surface area (Å²) in [6.07, 6.45) is 3.73. The molecule has 7 nitrogen and oxygen atoms in total. The lowest BCUT2D eigenvalue weighted by Crippen LogP contribution is -2.28. The number of nitrogens with zero attached hydrogens (tertiary/aromatic N) is 4. The van der Waals surface area contributed by atoms with E-state index in [-0.39, 0.29) is 0 Å². The average Bonchev–Trinajstić information content (AvgIpc) is 2.94. The van der Waals surface area contributed by atoms with E-state index in [1.54, 1.807) is 6.20 Å². The molecule has 1 aliphatic heterocycles. The van der Waals surface area contributed by atoms with Crippen molar-refractivity contribution < 1.29 is 4.74 Å². The van der Waals surface area contributed by atoms with Gasteiger partial charge >= 0.3 is 0 Å². The van der Waals surface area contributed by atoms with Gasteiger partial charge in [0.15, 0.2) is 5.65 Å². The van der Waals surface area contributed by atoms with Crippen LogP contribution < -0.4 is 10.6 Å². The van der Waals surface area contributed by atoms with Crippen molar-refractivity contribution in [3.63, 3.8) is 0 Å². The number of fused-ring (bicyclic) bond motifs is 1. The fraction of sp³-hybridized carbons (Fsp3) is 0.421. The Hall–Kier alpha value is -2.67. The monoisotopic (exact) mass is 352 g/mol. The molecule has 3 aromatic rings. The molecule has 1 aromatic carbocycles. The first-order valence-corrected chi connectivity index (χ1v) is 8.98. The maximum atomic E-state index is 5.40. The van der Waals surface area contributed by atoms with Crippen LogP contribution in [0.15, 0.2) is 24.4 Å². The highest BCUT2D eigenvalue weighted by Gasteiger charge is 2.16. The molecule has 0 radical (unpaired) electrons. The number of rotatable bonds is 4. The zero-order valence-corrected chi connectivity index (χ0v) is 15.4. The molecule has 26 heavy (non-hydrogen) atoms. The Kier molecular flexibility index (Phi) is 4.46. The minimum atomic E-state index is 0.363. The van der Waals surface area contributed by atoms with E-state index in [4.69, 9.17) is 4.74 Å². The Morgan fingerprint density at radius 1 is 1.15 bits per heavy atom. The van der Waals surface area contributed by atoms with Crippen molar-refractivity contribution >= 4 is 28.7 Å². The molecule has 1 aliphatic rings. The first-order chi connectivity index (χ1) is 12.6. The van der Waals surface area contributed by atoms with Crippen molar-refractivity contribution in [2.45, 2.75) is 32.7 Å². The maximum absolute atomic E-state index is 5.40. The SMILES string of the molecule is Cc1ccc(Nc2nc3cnc(NC4CCOCC4)nc3n2C)c(C)c1. The van der Waals surface area contributed by atoms with Gasteiger partial charge in [0.1, 0.15) is 5.52 Å². The van der Waals surface area contributed by atoms with Crippen LogP contribution in [0.3, 0.4) is 0 Å². The summed E-state index contributed by atoms with van der Waals surface area (Å²) in [5.41, 5.74) is 5.05. The number of anilines is 3.